The molecule has 0 aliphatic rings. The number of aromatic nitrogens is 2. The minimum Gasteiger partial charge on any atom is -0.224 e. The molecular formula is C8HCl4F3N2. The second kappa shape index (κ2) is 4.09. The molecule has 0 saturated heterocycles. The maximum atomic E-state index is 12.7. The predicted molar refractivity (Wildman–Crippen MR) is 61.1 cm³/mol. The summed E-state index contributed by atoms with van der Waals surface area (Å²) in [7, 11) is 0. The Labute approximate surface area is 113 Å². The third kappa shape index (κ3) is 2.05. The topological polar surface area (TPSA) is 17.8 Å². The minimum atomic E-state index is -4.72. The normalized spacial score (nSPS) is 12.4. The van der Waals surface area contributed by atoms with Crippen molar-refractivity contribution < 1.29 is 13.2 Å². The summed E-state index contributed by atoms with van der Waals surface area (Å²) in [5.74, 6) is 0. The van der Waals surface area contributed by atoms with Crippen LogP contribution in [0.15, 0.2) is 6.07 Å². The maximum absolute atomic E-state index is 12.7. The number of hydrogen-bond acceptors (Lipinski definition) is 1. The molecular weight excluding hydrogens is 323 g/mol. The zero-order valence-corrected chi connectivity index (χ0v) is 10.6. The lowest BCUT2D eigenvalue weighted by Crippen LogP contribution is -2.16. The van der Waals surface area contributed by atoms with Crippen molar-refractivity contribution in [3.05, 3.63) is 26.4 Å². The van der Waals surface area contributed by atoms with E-state index in [4.69, 9.17) is 46.4 Å². The Morgan fingerprint density at radius 1 is 1.06 bits per heavy atom. The van der Waals surface area contributed by atoms with Crippen LogP contribution in [-0.2, 0) is 6.30 Å². The second-order valence-corrected chi connectivity index (χ2v) is 4.54. The number of halogens is 7. The molecule has 0 aliphatic carbocycles. The molecule has 0 spiro atoms. The summed E-state index contributed by atoms with van der Waals surface area (Å²) in [6.45, 7) is 0. The maximum Gasteiger partial charge on any atom is 0.491 e. The molecule has 9 heteroatoms. The van der Waals surface area contributed by atoms with Crippen LogP contribution in [0.4, 0.5) is 13.2 Å². The van der Waals surface area contributed by atoms with Gasteiger partial charge in [-0.2, -0.15) is 0 Å². The van der Waals surface area contributed by atoms with Gasteiger partial charge < -0.3 is 0 Å². The lowest BCUT2D eigenvalue weighted by molar-refractivity contribution is -0.200. The monoisotopic (exact) mass is 322 g/mol. The van der Waals surface area contributed by atoms with Gasteiger partial charge in [-0.15, -0.1) is 13.2 Å². The smallest absolute Gasteiger partial charge is 0.224 e. The van der Waals surface area contributed by atoms with Crippen LogP contribution >= 0.6 is 46.4 Å². The van der Waals surface area contributed by atoms with Gasteiger partial charge in [0.15, 0.2) is 0 Å². The van der Waals surface area contributed by atoms with E-state index in [1.165, 1.54) is 0 Å². The third-order valence-corrected chi connectivity index (χ3v) is 3.51. The van der Waals surface area contributed by atoms with Crippen molar-refractivity contribution in [2.75, 3.05) is 0 Å². The zero-order chi connectivity index (χ0) is 13.0. The van der Waals surface area contributed by atoms with Gasteiger partial charge in [0.25, 0.3) is 0 Å². The average molecular weight is 324 g/mol. The molecule has 0 bridgehead atoms. The number of rotatable bonds is 0. The number of benzene rings is 1. The molecule has 92 valence electrons. The highest BCUT2D eigenvalue weighted by Crippen LogP contribution is 2.40. The SMILES string of the molecule is FC(F)(F)n1c(Cl)nc2c(Cl)c(Cl)c(Cl)cc21. The van der Waals surface area contributed by atoms with E-state index < -0.39 is 11.6 Å². The molecule has 0 amide bonds. The number of nitrogens with zero attached hydrogens (tertiary/aromatic N) is 2. The molecule has 17 heavy (non-hydrogen) atoms. The van der Waals surface area contributed by atoms with Crippen molar-refractivity contribution in [3.8, 4) is 0 Å². The first-order chi connectivity index (χ1) is 7.73. The molecule has 1 aromatic carbocycles. The second-order valence-electron chi connectivity index (χ2n) is 3.04. The quantitative estimate of drug-likeness (QED) is 0.615. The molecule has 1 heterocycles. The van der Waals surface area contributed by atoms with E-state index in [0.717, 1.165) is 6.07 Å². The van der Waals surface area contributed by atoms with Gasteiger partial charge in [0.2, 0.25) is 5.28 Å². The van der Waals surface area contributed by atoms with Gasteiger partial charge in [0, 0.05) is 0 Å². The van der Waals surface area contributed by atoms with Crippen LogP contribution in [-0.4, -0.2) is 9.55 Å². The Hall–Kier alpha value is -0.360. The summed E-state index contributed by atoms with van der Waals surface area (Å²) < 4.78 is 38.0. The zero-order valence-electron chi connectivity index (χ0n) is 7.62. The Morgan fingerprint density at radius 2 is 1.65 bits per heavy atom. The van der Waals surface area contributed by atoms with Crippen LogP contribution in [0.3, 0.4) is 0 Å². The van der Waals surface area contributed by atoms with E-state index in [1.807, 2.05) is 0 Å². The van der Waals surface area contributed by atoms with E-state index in [1.54, 1.807) is 0 Å². The van der Waals surface area contributed by atoms with Crippen molar-refractivity contribution in [1.82, 2.24) is 9.55 Å². The molecule has 0 N–H and O–H groups in total. The Bertz CT molecular complexity index is 605. The van der Waals surface area contributed by atoms with Gasteiger partial charge >= 0.3 is 6.30 Å². The predicted octanol–water partition coefficient (Wildman–Crippen LogP) is 5.13. The van der Waals surface area contributed by atoms with Crippen molar-refractivity contribution >= 4 is 57.4 Å². The first kappa shape index (κ1) is 13.1. The molecule has 2 rings (SSSR count). The van der Waals surface area contributed by atoms with Crippen LogP contribution in [0.5, 0.6) is 0 Å². The van der Waals surface area contributed by atoms with Gasteiger partial charge in [-0.1, -0.05) is 34.8 Å². The minimum absolute atomic E-state index is 0.0654. The van der Waals surface area contributed by atoms with Gasteiger partial charge in [-0.25, -0.2) is 9.55 Å². The fraction of sp³-hybridized carbons (Fsp3) is 0.125. The molecule has 0 saturated carbocycles. The van der Waals surface area contributed by atoms with E-state index in [-0.39, 0.29) is 30.7 Å². The van der Waals surface area contributed by atoms with Crippen LogP contribution in [0.2, 0.25) is 20.4 Å². The van der Waals surface area contributed by atoms with Crippen molar-refractivity contribution in [2.24, 2.45) is 0 Å². The summed E-state index contributed by atoms with van der Waals surface area (Å²) >= 11 is 22.5. The molecule has 0 radical (unpaired) electrons. The van der Waals surface area contributed by atoms with Crippen LogP contribution in [0, 0.1) is 0 Å². The Kier molecular flexibility index (Phi) is 3.14. The lowest BCUT2D eigenvalue weighted by Gasteiger charge is -2.10. The van der Waals surface area contributed by atoms with Gasteiger partial charge in [0.05, 0.1) is 20.6 Å². The molecule has 0 unspecified atom stereocenters. The fourth-order valence-electron chi connectivity index (χ4n) is 1.33. The first-order valence-corrected chi connectivity index (χ1v) is 5.53. The molecule has 0 atom stereocenters. The van der Waals surface area contributed by atoms with Gasteiger partial charge in [-0.3, -0.25) is 0 Å². The van der Waals surface area contributed by atoms with Crippen LogP contribution < -0.4 is 0 Å². The summed E-state index contributed by atoms with van der Waals surface area (Å²) in [5, 5.41) is -1.10. The third-order valence-electron chi connectivity index (χ3n) is 2.00. The van der Waals surface area contributed by atoms with Crippen molar-refractivity contribution in [2.45, 2.75) is 6.30 Å². The molecule has 1 aromatic heterocycles. The van der Waals surface area contributed by atoms with E-state index in [9.17, 15) is 13.2 Å². The molecule has 2 aromatic rings. The van der Waals surface area contributed by atoms with Crippen molar-refractivity contribution in [1.29, 1.82) is 0 Å². The number of hydrogen-bond donors (Lipinski definition) is 0. The molecule has 0 fully saturated rings. The van der Waals surface area contributed by atoms with E-state index in [2.05, 4.69) is 4.98 Å². The van der Waals surface area contributed by atoms with Crippen LogP contribution in [0.1, 0.15) is 0 Å². The van der Waals surface area contributed by atoms with Crippen molar-refractivity contribution in [3.63, 3.8) is 0 Å². The average Bonchev–Trinajstić information content (AvgIpc) is 2.51. The Balaban J connectivity index is 2.93. The van der Waals surface area contributed by atoms with Gasteiger partial charge in [0.1, 0.15) is 5.52 Å². The number of alkyl halides is 3. The highest BCUT2D eigenvalue weighted by Gasteiger charge is 2.36. The highest BCUT2D eigenvalue weighted by molar-refractivity contribution is 6.50. The van der Waals surface area contributed by atoms with Gasteiger partial charge in [-0.05, 0) is 17.7 Å². The summed E-state index contributed by atoms with van der Waals surface area (Å²) in [6, 6.07) is 1.01. The number of imidazole rings is 1. The van der Waals surface area contributed by atoms with Crippen LogP contribution in [0.25, 0.3) is 11.0 Å². The summed E-state index contributed by atoms with van der Waals surface area (Å²) in [5.41, 5.74) is -0.495. The lowest BCUT2D eigenvalue weighted by atomic mass is 10.3. The highest BCUT2D eigenvalue weighted by atomic mass is 35.5. The molecule has 0 aliphatic heterocycles. The number of fused-ring (bicyclic) bond motifs is 1. The molecule has 2 nitrogen and oxygen atoms in total. The first-order valence-electron chi connectivity index (χ1n) is 4.02. The Morgan fingerprint density at radius 3 is 2.18 bits per heavy atom. The van der Waals surface area contributed by atoms with E-state index >= 15 is 0 Å². The fourth-order valence-corrected chi connectivity index (χ4v) is 2.24. The largest absolute Gasteiger partial charge is 0.491 e. The summed E-state index contributed by atoms with van der Waals surface area (Å²) in [4.78, 5) is 3.51. The van der Waals surface area contributed by atoms with E-state index in [0.29, 0.717) is 0 Å². The standard InChI is InChI=1S/C8HCl4F3N2/c9-2-1-3-6(5(11)4(2)10)16-7(12)17(3)8(13,14)15/h1H. The summed E-state index contributed by atoms with van der Waals surface area (Å²) in [6.07, 6.45) is -4.72.